The first-order valence-corrected chi connectivity index (χ1v) is 9.28. The van der Waals surface area contributed by atoms with Crippen molar-refractivity contribution >= 4 is 11.6 Å². The number of benzene rings is 1. The lowest BCUT2D eigenvalue weighted by atomic mass is 10.1. The summed E-state index contributed by atoms with van der Waals surface area (Å²) < 4.78 is 16.6. The Kier molecular flexibility index (Phi) is 6.39. The zero-order valence-electron chi connectivity index (χ0n) is 15.0. The summed E-state index contributed by atoms with van der Waals surface area (Å²) in [6.45, 7) is 5.68. The Labute approximate surface area is 149 Å². The van der Waals surface area contributed by atoms with E-state index in [1.807, 2.05) is 23.1 Å². The highest BCUT2D eigenvalue weighted by Crippen LogP contribution is 2.33. The number of unbranched alkanes of at least 4 members (excludes halogenated alkanes) is 1. The van der Waals surface area contributed by atoms with Gasteiger partial charge in [0.05, 0.1) is 0 Å². The second-order valence-electron chi connectivity index (χ2n) is 6.59. The first-order valence-electron chi connectivity index (χ1n) is 9.28. The minimum absolute atomic E-state index is 0.0878. The Balaban J connectivity index is 1.50. The van der Waals surface area contributed by atoms with Crippen molar-refractivity contribution in [3.63, 3.8) is 0 Å². The molecule has 0 saturated carbocycles. The first kappa shape index (κ1) is 17.9. The van der Waals surface area contributed by atoms with Gasteiger partial charge in [0.1, 0.15) is 19.8 Å². The second-order valence-corrected chi connectivity index (χ2v) is 6.59. The van der Waals surface area contributed by atoms with Crippen molar-refractivity contribution in [2.45, 2.75) is 38.6 Å². The zero-order valence-corrected chi connectivity index (χ0v) is 15.0. The molecule has 1 saturated heterocycles. The Morgan fingerprint density at radius 1 is 1.32 bits per heavy atom. The van der Waals surface area contributed by atoms with Crippen LogP contribution in [0.15, 0.2) is 18.2 Å². The predicted molar refractivity (Wildman–Crippen MR) is 96.4 cm³/mol. The quantitative estimate of drug-likeness (QED) is 0.768. The average molecular weight is 348 g/mol. The average Bonchev–Trinajstić information content (AvgIpc) is 2.65. The molecule has 25 heavy (non-hydrogen) atoms. The number of carbonyl (C=O) groups excluding carboxylic acids is 1. The van der Waals surface area contributed by atoms with Crippen molar-refractivity contribution in [1.29, 1.82) is 0 Å². The van der Waals surface area contributed by atoms with Gasteiger partial charge in [0, 0.05) is 37.5 Å². The highest BCUT2D eigenvalue weighted by Gasteiger charge is 2.24. The summed E-state index contributed by atoms with van der Waals surface area (Å²) in [6.07, 6.45) is 4.14. The number of rotatable bonds is 7. The van der Waals surface area contributed by atoms with Crippen LogP contribution in [0.3, 0.4) is 0 Å². The molecule has 1 aromatic carbocycles. The van der Waals surface area contributed by atoms with E-state index in [1.54, 1.807) is 0 Å². The van der Waals surface area contributed by atoms with E-state index in [2.05, 4.69) is 12.2 Å². The molecular formula is C19H28N2O4. The molecule has 1 unspecified atom stereocenters. The highest BCUT2D eigenvalue weighted by atomic mass is 16.6. The van der Waals surface area contributed by atoms with Gasteiger partial charge in [-0.2, -0.15) is 0 Å². The van der Waals surface area contributed by atoms with Gasteiger partial charge in [0.15, 0.2) is 11.5 Å². The minimum Gasteiger partial charge on any atom is -0.486 e. The van der Waals surface area contributed by atoms with Gasteiger partial charge in [-0.3, -0.25) is 4.79 Å². The number of hydrogen-bond acceptors (Lipinski definition) is 5. The normalized spacial score (nSPS) is 19.6. The molecule has 1 atom stereocenters. The van der Waals surface area contributed by atoms with Gasteiger partial charge in [-0.25, -0.2) is 0 Å². The molecular weight excluding hydrogens is 320 g/mol. The van der Waals surface area contributed by atoms with Crippen LogP contribution in [0.2, 0.25) is 0 Å². The maximum absolute atomic E-state index is 12.3. The number of nitrogens with zero attached hydrogens (tertiary/aromatic N) is 1. The number of fused-ring (bicyclic) bond motifs is 1. The number of nitrogens with one attached hydrogen (secondary N) is 1. The summed E-state index contributed by atoms with van der Waals surface area (Å²) in [4.78, 5) is 14.2. The Hall–Kier alpha value is -1.95. The van der Waals surface area contributed by atoms with Crippen molar-refractivity contribution in [2.75, 3.05) is 44.8 Å². The number of anilines is 1. The van der Waals surface area contributed by atoms with E-state index in [9.17, 15) is 4.79 Å². The van der Waals surface area contributed by atoms with E-state index in [4.69, 9.17) is 14.2 Å². The molecule has 1 fully saturated rings. The maximum atomic E-state index is 12.3. The van der Waals surface area contributed by atoms with E-state index >= 15 is 0 Å². The largest absolute Gasteiger partial charge is 0.486 e. The third kappa shape index (κ3) is 5.01. The third-order valence-electron chi connectivity index (χ3n) is 4.55. The summed E-state index contributed by atoms with van der Waals surface area (Å²) in [5.41, 5.74) is 1.00. The van der Waals surface area contributed by atoms with Crippen LogP contribution in [0.5, 0.6) is 11.5 Å². The van der Waals surface area contributed by atoms with E-state index in [0.717, 1.165) is 49.4 Å². The van der Waals surface area contributed by atoms with Gasteiger partial charge < -0.3 is 24.4 Å². The lowest BCUT2D eigenvalue weighted by Gasteiger charge is -2.34. The Morgan fingerprint density at radius 3 is 3.00 bits per heavy atom. The molecule has 1 amide bonds. The lowest BCUT2D eigenvalue weighted by Crippen LogP contribution is -2.46. The van der Waals surface area contributed by atoms with Gasteiger partial charge in [0.25, 0.3) is 0 Å². The summed E-state index contributed by atoms with van der Waals surface area (Å²) in [5.74, 6) is 1.66. The third-order valence-corrected chi connectivity index (χ3v) is 4.55. The SMILES string of the molecule is CCCCOCC(=O)N1CCCC(Nc2ccc3c(c2)OCCO3)C1. The number of likely N-dealkylation sites (tertiary alicyclic amines) is 1. The minimum atomic E-state index is 0.0878. The summed E-state index contributed by atoms with van der Waals surface area (Å²) in [7, 11) is 0. The van der Waals surface area contributed by atoms with E-state index in [-0.39, 0.29) is 18.6 Å². The van der Waals surface area contributed by atoms with Gasteiger partial charge in [-0.1, -0.05) is 13.3 Å². The molecule has 2 aliphatic heterocycles. The van der Waals surface area contributed by atoms with E-state index < -0.39 is 0 Å². The van der Waals surface area contributed by atoms with Crippen LogP contribution in [-0.4, -0.2) is 56.4 Å². The summed E-state index contributed by atoms with van der Waals surface area (Å²) >= 11 is 0. The van der Waals surface area contributed by atoms with Crippen molar-refractivity contribution in [3.05, 3.63) is 18.2 Å². The highest BCUT2D eigenvalue weighted by molar-refractivity contribution is 5.77. The molecule has 1 N–H and O–H groups in total. The number of ether oxygens (including phenoxy) is 3. The first-order chi connectivity index (χ1) is 12.3. The fourth-order valence-electron chi connectivity index (χ4n) is 3.19. The molecule has 0 radical (unpaired) electrons. The van der Waals surface area contributed by atoms with Crippen LogP contribution in [0.25, 0.3) is 0 Å². The molecule has 0 aromatic heterocycles. The Morgan fingerprint density at radius 2 is 2.16 bits per heavy atom. The molecule has 6 heteroatoms. The van der Waals surface area contributed by atoms with Crippen LogP contribution in [0.4, 0.5) is 5.69 Å². The van der Waals surface area contributed by atoms with Crippen LogP contribution >= 0.6 is 0 Å². The Bertz CT molecular complexity index is 579. The second kappa shape index (κ2) is 8.94. The van der Waals surface area contributed by atoms with Crippen molar-refractivity contribution in [2.24, 2.45) is 0 Å². The van der Waals surface area contributed by atoms with Gasteiger partial charge in [0.2, 0.25) is 5.91 Å². The fourth-order valence-corrected chi connectivity index (χ4v) is 3.19. The molecule has 0 bridgehead atoms. The van der Waals surface area contributed by atoms with Crippen LogP contribution < -0.4 is 14.8 Å². The van der Waals surface area contributed by atoms with Crippen LogP contribution in [-0.2, 0) is 9.53 Å². The topological polar surface area (TPSA) is 60.0 Å². The van der Waals surface area contributed by atoms with Crippen molar-refractivity contribution in [1.82, 2.24) is 4.90 Å². The summed E-state index contributed by atoms with van der Waals surface area (Å²) in [6, 6.07) is 6.16. The standard InChI is InChI=1S/C19H28N2O4/c1-2-3-9-23-14-19(22)21-8-4-5-16(13-21)20-15-6-7-17-18(12-15)25-11-10-24-17/h6-7,12,16,20H,2-5,8-11,13-14H2,1H3. The monoisotopic (exact) mass is 348 g/mol. The van der Waals surface area contributed by atoms with Gasteiger partial charge in [-0.15, -0.1) is 0 Å². The number of hydrogen-bond donors (Lipinski definition) is 1. The number of carbonyl (C=O) groups is 1. The molecule has 2 aliphatic rings. The molecule has 138 valence electrons. The van der Waals surface area contributed by atoms with Gasteiger partial charge >= 0.3 is 0 Å². The lowest BCUT2D eigenvalue weighted by molar-refractivity contribution is -0.137. The molecule has 1 aromatic rings. The molecule has 2 heterocycles. The fraction of sp³-hybridized carbons (Fsp3) is 0.632. The zero-order chi connectivity index (χ0) is 17.5. The van der Waals surface area contributed by atoms with Crippen LogP contribution in [0, 0.1) is 0 Å². The molecule has 0 aliphatic carbocycles. The van der Waals surface area contributed by atoms with Crippen molar-refractivity contribution < 1.29 is 19.0 Å². The number of amides is 1. The molecule has 0 spiro atoms. The predicted octanol–water partition coefficient (Wildman–Crippen LogP) is 2.68. The van der Waals surface area contributed by atoms with E-state index in [0.29, 0.717) is 26.4 Å². The maximum Gasteiger partial charge on any atom is 0.248 e. The van der Waals surface area contributed by atoms with Crippen molar-refractivity contribution in [3.8, 4) is 11.5 Å². The van der Waals surface area contributed by atoms with Gasteiger partial charge in [-0.05, 0) is 31.4 Å². The molecule has 6 nitrogen and oxygen atoms in total. The summed E-state index contributed by atoms with van der Waals surface area (Å²) in [5, 5.41) is 3.52. The molecule has 3 rings (SSSR count). The van der Waals surface area contributed by atoms with E-state index in [1.165, 1.54) is 0 Å². The van der Waals surface area contributed by atoms with Crippen LogP contribution in [0.1, 0.15) is 32.6 Å². The smallest absolute Gasteiger partial charge is 0.248 e. The number of piperidine rings is 1.